The first-order valence-electron chi connectivity index (χ1n) is 10.6. The molecule has 0 aromatic heterocycles. The number of ketones is 2. The molecule has 1 unspecified atom stereocenters. The lowest BCUT2D eigenvalue weighted by Gasteiger charge is -2.24. The molecular weight excluding hydrogens is 400 g/mol. The molecular formula is C28H26O4. The zero-order chi connectivity index (χ0) is 22.9. The van der Waals surface area contributed by atoms with Crippen molar-refractivity contribution in [3.05, 3.63) is 119 Å². The smallest absolute Gasteiger partial charge is 0.333 e. The van der Waals surface area contributed by atoms with Crippen LogP contribution in [0.25, 0.3) is 0 Å². The summed E-state index contributed by atoms with van der Waals surface area (Å²) in [5.74, 6) is -2.72. The minimum absolute atomic E-state index is 0.245. The first kappa shape index (κ1) is 22.9. The predicted molar refractivity (Wildman–Crippen MR) is 125 cm³/mol. The second-order valence-electron chi connectivity index (χ2n) is 7.44. The number of hydrogen-bond acceptors (Lipinski definition) is 4. The van der Waals surface area contributed by atoms with E-state index < -0.39 is 17.8 Å². The van der Waals surface area contributed by atoms with Gasteiger partial charge in [0.1, 0.15) is 0 Å². The van der Waals surface area contributed by atoms with Crippen molar-refractivity contribution in [1.82, 2.24) is 0 Å². The summed E-state index contributed by atoms with van der Waals surface area (Å²) in [5, 5.41) is 0. The first-order valence-corrected chi connectivity index (χ1v) is 10.6. The molecule has 3 aromatic rings. The van der Waals surface area contributed by atoms with Crippen molar-refractivity contribution >= 4 is 17.5 Å². The Morgan fingerprint density at radius 2 is 1.19 bits per heavy atom. The SMILES string of the molecule is CCOC(=O)/C(C)=C/C(c1ccccc1)C(C(=O)c1ccccc1)C(=O)c1ccccc1. The number of hydrogen-bond donors (Lipinski definition) is 0. The molecule has 4 heteroatoms. The molecule has 0 heterocycles. The van der Waals surface area contributed by atoms with E-state index in [1.807, 2.05) is 42.5 Å². The summed E-state index contributed by atoms with van der Waals surface area (Å²) in [4.78, 5) is 39.7. The van der Waals surface area contributed by atoms with Gasteiger partial charge in [0.05, 0.1) is 12.5 Å². The van der Waals surface area contributed by atoms with Gasteiger partial charge in [-0.05, 0) is 19.4 Å². The molecule has 0 aliphatic carbocycles. The van der Waals surface area contributed by atoms with E-state index in [1.54, 1.807) is 68.5 Å². The summed E-state index contributed by atoms with van der Waals surface area (Å²) in [7, 11) is 0. The maximum Gasteiger partial charge on any atom is 0.333 e. The van der Waals surface area contributed by atoms with Crippen LogP contribution in [0.2, 0.25) is 0 Å². The third-order valence-electron chi connectivity index (χ3n) is 5.25. The normalized spacial score (nSPS) is 12.3. The molecule has 0 N–H and O–H groups in total. The molecule has 0 radical (unpaired) electrons. The highest BCUT2D eigenvalue weighted by Crippen LogP contribution is 2.33. The van der Waals surface area contributed by atoms with Crippen LogP contribution in [0.1, 0.15) is 46.0 Å². The Morgan fingerprint density at radius 1 is 0.750 bits per heavy atom. The van der Waals surface area contributed by atoms with Gasteiger partial charge in [0.25, 0.3) is 0 Å². The van der Waals surface area contributed by atoms with Crippen LogP contribution in [0.3, 0.4) is 0 Å². The van der Waals surface area contributed by atoms with Crippen molar-refractivity contribution in [1.29, 1.82) is 0 Å². The highest BCUT2D eigenvalue weighted by Gasteiger charge is 2.36. The van der Waals surface area contributed by atoms with E-state index in [-0.39, 0.29) is 18.2 Å². The van der Waals surface area contributed by atoms with E-state index in [0.29, 0.717) is 16.7 Å². The lowest BCUT2D eigenvalue weighted by atomic mass is 9.76. The molecule has 4 nitrogen and oxygen atoms in total. The van der Waals surface area contributed by atoms with Crippen LogP contribution in [-0.2, 0) is 9.53 Å². The van der Waals surface area contributed by atoms with Gasteiger partial charge in [-0.1, -0.05) is 97.1 Å². The van der Waals surface area contributed by atoms with Gasteiger partial charge >= 0.3 is 5.97 Å². The summed E-state index contributed by atoms with van der Waals surface area (Å²) < 4.78 is 5.13. The fourth-order valence-electron chi connectivity index (χ4n) is 3.65. The second kappa shape index (κ2) is 11.0. The Bertz CT molecular complexity index is 1030. The van der Waals surface area contributed by atoms with Gasteiger partial charge in [-0.3, -0.25) is 9.59 Å². The van der Waals surface area contributed by atoms with Crippen LogP contribution in [0.5, 0.6) is 0 Å². The highest BCUT2D eigenvalue weighted by atomic mass is 16.5. The molecule has 3 aromatic carbocycles. The maximum absolute atomic E-state index is 13.7. The van der Waals surface area contributed by atoms with Crippen molar-refractivity contribution in [2.45, 2.75) is 19.8 Å². The van der Waals surface area contributed by atoms with Crippen molar-refractivity contribution in [3.8, 4) is 0 Å². The summed E-state index contributed by atoms with van der Waals surface area (Å²) in [6.07, 6.45) is 1.68. The van der Waals surface area contributed by atoms with E-state index in [2.05, 4.69) is 0 Å². The zero-order valence-corrected chi connectivity index (χ0v) is 18.2. The van der Waals surface area contributed by atoms with Crippen LogP contribution in [0, 0.1) is 5.92 Å². The van der Waals surface area contributed by atoms with E-state index >= 15 is 0 Å². The largest absolute Gasteiger partial charge is 0.463 e. The van der Waals surface area contributed by atoms with Gasteiger partial charge in [0.2, 0.25) is 0 Å². The van der Waals surface area contributed by atoms with Crippen molar-refractivity contribution in [2.24, 2.45) is 5.92 Å². The number of carbonyl (C=O) groups excluding carboxylic acids is 3. The van der Waals surface area contributed by atoms with E-state index in [1.165, 1.54) is 0 Å². The molecule has 0 saturated carbocycles. The minimum Gasteiger partial charge on any atom is -0.463 e. The molecule has 1 atom stereocenters. The zero-order valence-electron chi connectivity index (χ0n) is 18.2. The number of rotatable bonds is 9. The lowest BCUT2D eigenvalue weighted by Crippen LogP contribution is -2.30. The van der Waals surface area contributed by atoms with Crippen LogP contribution >= 0.6 is 0 Å². The van der Waals surface area contributed by atoms with Crippen molar-refractivity contribution in [2.75, 3.05) is 6.61 Å². The summed E-state index contributed by atoms with van der Waals surface area (Å²) >= 11 is 0. The third kappa shape index (κ3) is 5.46. The van der Waals surface area contributed by atoms with Crippen molar-refractivity contribution in [3.63, 3.8) is 0 Å². The number of carbonyl (C=O) groups is 3. The Hall–Kier alpha value is -3.79. The Kier molecular flexibility index (Phi) is 7.87. The average molecular weight is 427 g/mol. The van der Waals surface area contributed by atoms with Crippen LogP contribution in [-0.4, -0.2) is 24.1 Å². The minimum atomic E-state index is -1.04. The van der Waals surface area contributed by atoms with Gasteiger partial charge in [0.15, 0.2) is 11.6 Å². The number of Topliss-reactive ketones (excluding diaryl/α,β-unsaturated/α-hetero) is 2. The quantitative estimate of drug-likeness (QED) is 0.192. The fourth-order valence-corrected chi connectivity index (χ4v) is 3.65. The van der Waals surface area contributed by atoms with Crippen molar-refractivity contribution < 1.29 is 19.1 Å². The summed E-state index contributed by atoms with van der Waals surface area (Å²) in [5.41, 5.74) is 2.02. The number of ether oxygens (including phenoxy) is 1. The van der Waals surface area contributed by atoms with Gasteiger partial charge < -0.3 is 4.74 Å². The standard InChI is InChI=1S/C28H26O4/c1-3-32-28(31)20(2)19-24(21-13-7-4-8-14-21)25(26(29)22-15-9-5-10-16-22)27(30)23-17-11-6-12-18-23/h4-19,24-25H,3H2,1-2H3/b20-19+. The number of esters is 1. The molecule has 0 aliphatic rings. The molecule has 3 rings (SSSR count). The Balaban J connectivity index is 2.16. The topological polar surface area (TPSA) is 60.4 Å². The van der Waals surface area contributed by atoms with Gasteiger partial charge in [0, 0.05) is 22.6 Å². The molecule has 162 valence electrons. The Labute approximate surface area is 188 Å². The maximum atomic E-state index is 13.7. The van der Waals surface area contributed by atoms with Crippen LogP contribution in [0.15, 0.2) is 103 Å². The van der Waals surface area contributed by atoms with Gasteiger partial charge in [-0.2, -0.15) is 0 Å². The molecule has 0 bridgehead atoms. The molecule has 0 amide bonds. The summed E-state index contributed by atoms with van der Waals surface area (Å²) in [6.45, 7) is 3.63. The van der Waals surface area contributed by atoms with E-state index in [9.17, 15) is 14.4 Å². The second-order valence-corrected chi connectivity index (χ2v) is 7.44. The number of allylic oxidation sites excluding steroid dienone is 1. The highest BCUT2D eigenvalue weighted by molar-refractivity contribution is 6.17. The predicted octanol–water partition coefficient (Wildman–Crippen LogP) is 5.66. The van der Waals surface area contributed by atoms with Crippen LogP contribution in [0.4, 0.5) is 0 Å². The lowest BCUT2D eigenvalue weighted by molar-refractivity contribution is -0.138. The monoisotopic (exact) mass is 426 g/mol. The Morgan fingerprint density at radius 3 is 1.62 bits per heavy atom. The van der Waals surface area contributed by atoms with E-state index in [0.717, 1.165) is 5.56 Å². The molecule has 0 aliphatic heterocycles. The molecule has 0 spiro atoms. The molecule has 0 fully saturated rings. The third-order valence-corrected chi connectivity index (χ3v) is 5.25. The van der Waals surface area contributed by atoms with E-state index in [4.69, 9.17) is 4.74 Å². The first-order chi connectivity index (χ1) is 15.5. The average Bonchev–Trinajstić information content (AvgIpc) is 2.85. The molecule has 0 saturated heterocycles. The number of benzene rings is 3. The fraction of sp³-hybridized carbons (Fsp3) is 0.179. The molecule has 32 heavy (non-hydrogen) atoms. The van der Waals surface area contributed by atoms with Crippen LogP contribution < -0.4 is 0 Å². The van der Waals surface area contributed by atoms with Gasteiger partial charge in [-0.15, -0.1) is 0 Å². The summed E-state index contributed by atoms with van der Waals surface area (Å²) in [6, 6.07) is 26.9. The van der Waals surface area contributed by atoms with Gasteiger partial charge in [-0.25, -0.2) is 4.79 Å².